The van der Waals surface area contributed by atoms with Crippen molar-refractivity contribution < 1.29 is 23.1 Å². The fraction of sp³-hybridized carbons (Fsp3) is 0.348. The maximum absolute atomic E-state index is 12.1. The summed E-state index contributed by atoms with van der Waals surface area (Å²) in [6.45, 7) is 5.32. The summed E-state index contributed by atoms with van der Waals surface area (Å²) in [6.07, 6.45) is 1.10. The van der Waals surface area contributed by atoms with Gasteiger partial charge in [-0.2, -0.15) is 0 Å². The molecule has 0 radical (unpaired) electrons. The predicted octanol–water partition coefficient (Wildman–Crippen LogP) is 2.94. The van der Waals surface area contributed by atoms with Gasteiger partial charge in [-0.3, -0.25) is 4.72 Å². The zero-order chi connectivity index (χ0) is 24.0. The molecular formula is C23H30N4O5S. The van der Waals surface area contributed by atoms with Crippen molar-refractivity contribution >= 4 is 44.0 Å². The number of benzene rings is 2. The molecule has 0 bridgehead atoms. The molecule has 0 fully saturated rings. The highest BCUT2D eigenvalue weighted by atomic mass is 32.2. The predicted molar refractivity (Wildman–Crippen MR) is 132 cm³/mol. The van der Waals surface area contributed by atoms with Crippen LogP contribution in [0.3, 0.4) is 0 Å². The van der Waals surface area contributed by atoms with Crippen LogP contribution in [0, 0.1) is 6.92 Å². The Labute approximate surface area is 193 Å². The maximum Gasteiger partial charge on any atom is 0.355 e. The molecule has 0 spiro atoms. The molecule has 0 aliphatic rings. The van der Waals surface area contributed by atoms with E-state index in [2.05, 4.69) is 15.0 Å². The molecule has 3 rings (SSSR count). The van der Waals surface area contributed by atoms with E-state index in [0.29, 0.717) is 43.3 Å². The lowest BCUT2D eigenvalue weighted by atomic mass is 10.1. The van der Waals surface area contributed by atoms with Gasteiger partial charge in [-0.05, 0) is 43.7 Å². The summed E-state index contributed by atoms with van der Waals surface area (Å²) >= 11 is 0. The molecule has 0 atom stereocenters. The largest absolute Gasteiger partial charge is 0.461 e. The van der Waals surface area contributed by atoms with Crippen LogP contribution in [0.1, 0.15) is 23.0 Å². The van der Waals surface area contributed by atoms with Gasteiger partial charge in [-0.15, -0.1) is 0 Å². The van der Waals surface area contributed by atoms with Crippen molar-refractivity contribution in [1.82, 2.24) is 4.98 Å². The third kappa shape index (κ3) is 6.17. The highest BCUT2D eigenvalue weighted by Crippen LogP contribution is 2.27. The number of aryl methyl sites for hydroxylation is 1. The summed E-state index contributed by atoms with van der Waals surface area (Å²) in [4.78, 5) is 17.2. The van der Waals surface area contributed by atoms with Gasteiger partial charge >= 0.3 is 5.97 Å². The normalized spacial score (nSPS) is 11.4. The van der Waals surface area contributed by atoms with Gasteiger partial charge in [0.25, 0.3) is 0 Å². The minimum Gasteiger partial charge on any atom is -0.461 e. The molecule has 0 unspecified atom stereocenters. The lowest BCUT2D eigenvalue weighted by Gasteiger charge is -2.26. The lowest BCUT2D eigenvalue weighted by molar-refractivity contribution is 0.0519. The maximum atomic E-state index is 12.1. The van der Waals surface area contributed by atoms with Gasteiger partial charge in [-0.1, -0.05) is 18.2 Å². The second kappa shape index (κ2) is 10.6. The number of rotatable bonds is 11. The molecule has 9 nitrogen and oxygen atoms in total. The van der Waals surface area contributed by atoms with E-state index in [-0.39, 0.29) is 12.6 Å². The minimum absolute atomic E-state index is 0.0719. The van der Waals surface area contributed by atoms with E-state index in [1.54, 1.807) is 19.1 Å². The third-order valence-electron chi connectivity index (χ3n) is 5.16. The second-order valence-electron chi connectivity index (χ2n) is 7.63. The Morgan fingerprint density at radius 3 is 2.64 bits per heavy atom. The van der Waals surface area contributed by atoms with Crippen LogP contribution in [0.2, 0.25) is 0 Å². The van der Waals surface area contributed by atoms with Crippen molar-refractivity contribution in [2.45, 2.75) is 13.8 Å². The first-order chi connectivity index (χ1) is 15.7. The van der Waals surface area contributed by atoms with Crippen LogP contribution >= 0.6 is 0 Å². The van der Waals surface area contributed by atoms with Crippen molar-refractivity contribution in [2.24, 2.45) is 0 Å². The number of carbonyl (C=O) groups is 1. The van der Waals surface area contributed by atoms with Crippen molar-refractivity contribution in [3.8, 4) is 0 Å². The molecule has 1 heterocycles. The van der Waals surface area contributed by atoms with E-state index >= 15 is 0 Å². The standard InChI is InChI=1S/C23H30N4O5S/c1-4-32-23(29)22-16(2)18-10-9-17(15-20(18)25-22)24-11-12-27(13-14-28)21-8-6-5-7-19(21)26-33(3,30)31/h5-10,15,24-26,28H,4,11-14H2,1-3H3. The summed E-state index contributed by atoms with van der Waals surface area (Å²) in [7, 11) is -3.44. The van der Waals surface area contributed by atoms with Crippen LogP contribution in [0.5, 0.6) is 0 Å². The summed E-state index contributed by atoms with van der Waals surface area (Å²) in [6, 6.07) is 12.9. The number of aromatic amines is 1. The molecule has 10 heteroatoms. The van der Waals surface area contributed by atoms with Gasteiger partial charge in [0, 0.05) is 36.2 Å². The number of aliphatic hydroxyl groups is 1. The van der Waals surface area contributed by atoms with Crippen LogP contribution in [-0.4, -0.2) is 63.6 Å². The zero-order valence-corrected chi connectivity index (χ0v) is 19.8. The SMILES string of the molecule is CCOC(=O)c1[nH]c2cc(NCCN(CCO)c3ccccc3NS(C)(=O)=O)ccc2c1C. The second-order valence-corrected chi connectivity index (χ2v) is 9.38. The van der Waals surface area contributed by atoms with Crippen molar-refractivity contribution in [3.63, 3.8) is 0 Å². The summed E-state index contributed by atoms with van der Waals surface area (Å²) in [5.74, 6) is -0.373. The molecule has 178 valence electrons. The number of para-hydroxylation sites is 2. The lowest BCUT2D eigenvalue weighted by Crippen LogP contribution is -2.32. The topological polar surface area (TPSA) is 124 Å². The van der Waals surface area contributed by atoms with E-state index in [1.807, 2.05) is 42.2 Å². The number of ether oxygens (including phenoxy) is 1. The Morgan fingerprint density at radius 2 is 1.94 bits per heavy atom. The monoisotopic (exact) mass is 474 g/mol. The molecule has 0 aliphatic heterocycles. The Hall–Kier alpha value is -3.24. The van der Waals surface area contributed by atoms with Crippen LogP contribution in [-0.2, 0) is 14.8 Å². The number of aromatic nitrogens is 1. The highest BCUT2D eigenvalue weighted by Gasteiger charge is 2.16. The number of nitrogens with one attached hydrogen (secondary N) is 3. The molecule has 0 amide bonds. The Bertz CT molecular complexity index is 1220. The Balaban J connectivity index is 1.73. The average Bonchev–Trinajstić information content (AvgIpc) is 3.09. The van der Waals surface area contributed by atoms with Crippen LogP contribution in [0.25, 0.3) is 10.9 Å². The molecule has 4 N–H and O–H groups in total. The number of aliphatic hydroxyl groups excluding tert-OH is 1. The molecular weight excluding hydrogens is 444 g/mol. The highest BCUT2D eigenvalue weighted by molar-refractivity contribution is 7.92. The third-order valence-corrected chi connectivity index (χ3v) is 5.75. The number of carbonyl (C=O) groups excluding carboxylic acids is 1. The zero-order valence-electron chi connectivity index (χ0n) is 19.0. The van der Waals surface area contributed by atoms with Crippen LogP contribution < -0.4 is 14.9 Å². The van der Waals surface area contributed by atoms with E-state index in [0.717, 1.165) is 28.4 Å². The number of fused-ring (bicyclic) bond motifs is 1. The fourth-order valence-corrected chi connectivity index (χ4v) is 4.27. The van der Waals surface area contributed by atoms with Crippen LogP contribution in [0.15, 0.2) is 42.5 Å². The molecule has 1 aromatic heterocycles. The van der Waals surface area contributed by atoms with Crippen molar-refractivity contribution in [3.05, 3.63) is 53.7 Å². The van der Waals surface area contributed by atoms with E-state index in [4.69, 9.17) is 4.74 Å². The van der Waals surface area contributed by atoms with Gasteiger partial charge in [0.15, 0.2) is 0 Å². The fourth-order valence-electron chi connectivity index (χ4n) is 3.70. The number of nitrogens with zero attached hydrogens (tertiary/aromatic N) is 1. The number of hydrogen-bond donors (Lipinski definition) is 4. The number of sulfonamides is 1. The average molecular weight is 475 g/mol. The van der Waals surface area contributed by atoms with Crippen molar-refractivity contribution in [1.29, 1.82) is 0 Å². The molecule has 3 aromatic rings. The number of H-pyrrole nitrogens is 1. The minimum atomic E-state index is -3.44. The molecule has 0 saturated heterocycles. The van der Waals surface area contributed by atoms with Gasteiger partial charge in [0.1, 0.15) is 5.69 Å². The number of anilines is 3. The summed E-state index contributed by atoms with van der Waals surface area (Å²) in [5.41, 5.74) is 4.14. The number of esters is 1. The molecule has 0 saturated carbocycles. The Morgan fingerprint density at radius 1 is 1.18 bits per heavy atom. The van der Waals surface area contributed by atoms with Crippen molar-refractivity contribution in [2.75, 3.05) is 54.0 Å². The van der Waals surface area contributed by atoms with Gasteiger partial charge in [-0.25, -0.2) is 13.2 Å². The van der Waals surface area contributed by atoms with E-state index in [1.165, 1.54) is 0 Å². The summed E-state index contributed by atoms with van der Waals surface area (Å²) < 4.78 is 31.1. The van der Waals surface area contributed by atoms with Crippen LogP contribution in [0.4, 0.5) is 17.1 Å². The first-order valence-electron chi connectivity index (χ1n) is 10.7. The van der Waals surface area contributed by atoms with E-state index in [9.17, 15) is 18.3 Å². The van der Waals surface area contributed by atoms with Gasteiger partial charge < -0.3 is 25.0 Å². The first kappa shape index (κ1) is 24.4. The van der Waals surface area contributed by atoms with E-state index < -0.39 is 10.0 Å². The van der Waals surface area contributed by atoms with Gasteiger partial charge in [0.05, 0.1) is 30.8 Å². The van der Waals surface area contributed by atoms with Gasteiger partial charge in [0.2, 0.25) is 10.0 Å². The molecule has 33 heavy (non-hydrogen) atoms. The molecule has 0 aliphatic carbocycles. The quantitative estimate of drug-likeness (QED) is 0.315. The summed E-state index contributed by atoms with van der Waals surface area (Å²) in [5, 5.41) is 13.8. The number of hydrogen-bond acceptors (Lipinski definition) is 7. The molecule has 2 aromatic carbocycles. The first-order valence-corrected chi connectivity index (χ1v) is 12.6. The Kier molecular flexibility index (Phi) is 7.83. The smallest absolute Gasteiger partial charge is 0.355 e.